The summed E-state index contributed by atoms with van der Waals surface area (Å²) < 4.78 is 2.07. The lowest BCUT2D eigenvalue weighted by atomic mass is 10.1. The van der Waals surface area contributed by atoms with Crippen LogP contribution in [-0.2, 0) is 13.1 Å². The summed E-state index contributed by atoms with van der Waals surface area (Å²) in [5.74, 6) is 0.649. The van der Waals surface area contributed by atoms with Gasteiger partial charge in [-0.3, -0.25) is 9.58 Å². The van der Waals surface area contributed by atoms with Crippen LogP contribution in [0.5, 0.6) is 0 Å². The summed E-state index contributed by atoms with van der Waals surface area (Å²) in [6, 6.07) is 1.20. The molecule has 1 saturated heterocycles. The van der Waals surface area contributed by atoms with Crippen molar-refractivity contribution in [2.75, 3.05) is 13.1 Å². The molecule has 0 radical (unpaired) electrons. The first-order valence-electron chi connectivity index (χ1n) is 7.03. The van der Waals surface area contributed by atoms with Gasteiger partial charge in [-0.2, -0.15) is 5.10 Å². The minimum Gasteiger partial charge on any atom is -0.311 e. The van der Waals surface area contributed by atoms with E-state index in [1.165, 1.54) is 5.56 Å². The van der Waals surface area contributed by atoms with Gasteiger partial charge in [0.15, 0.2) is 0 Å². The average Bonchev–Trinajstić information content (AvgIpc) is 2.70. The van der Waals surface area contributed by atoms with Crippen molar-refractivity contribution in [2.24, 2.45) is 5.92 Å². The van der Waals surface area contributed by atoms with E-state index < -0.39 is 0 Å². The molecule has 5 heteroatoms. The Hall–Kier alpha value is -0.580. The molecule has 1 aromatic rings. The lowest BCUT2D eigenvalue weighted by Gasteiger charge is -2.37. The number of nitrogens with one attached hydrogen (secondary N) is 1. The quantitative estimate of drug-likeness (QED) is 0.921. The Bertz CT molecular complexity index is 377. The standard InChI is InChI=1S/C14H26N4.ClH/c1-11(2)7-18-10-14(6-16-18)9-17-8-12(3)15-5-13(17)4;/h6,10-13,15H,5,7-9H2,1-4H3;1H. The SMILES string of the molecule is CC(C)Cn1cc(CN2CC(C)NCC2C)cn1.Cl. The number of piperazine rings is 1. The predicted octanol–water partition coefficient (Wildman–Crippen LogP) is 2.14. The Kier molecular flexibility index (Phi) is 6.30. The molecule has 1 aliphatic heterocycles. The van der Waals surface area contributed by atoms with E-state index in [0.29, 0.717) is 18.0 Å². The highest BCUT2D eigenvalue weighted by molar-refractivity contribution is 5.85. The van der Waals surface area contributed by atoms with Gasteiger partial charge >= 0.3 is 0 Å². The Morgan fingerprint density at radius 2 is 2.16 bits per heavy atom. The molecule has 4 nitrogen and oxygen atoms in total. The highest BCUT2D eigenvalue weighted by Gasteiger charge is 2.22. The van der Waals surface area contributed by atoms with Gasteiger partial charge in [0, 0.05) is 50.0 Å². The smallest absolute Gasteiger partial charge is 0.0534 e. The van der Waals surface area contributed by atoms with Crippen LogP contribution >= 0.6 is 12.4 Å². The van der Waals surface area contributed by atoms with Crippen molar-refractivity contribution in [3.63, 3.8) is 0 Å². The average molecular weight is 287 g/mol. The molecule has 0 amide bonds. The molecule has 0 aromatic carbocycles. The fourth-order valence-corrected chi connectivity index (χ4v) is 2.51. The van der Waals surface area contributed by atoms with Crippen LogP contribution in [0.2, 0.25) is 0 Å². The summed E-state index contributed by atoms with van der Waals surface area (Å²) in [7, 11) is 0. The van der Waals surface area contributed by atoms with Crippen LogP contribution in [0.25, 0.3) is 0 Å². The van der Waals surface area contributed by atoms with Gasteiger partial charge < -0.3 is 5.32 Å². The van der Waals surface area contributed by atoms with Crippen LogP contribution in [-0.4, -0.2) is 39.9 Å². The monoisotopic (exact) mass is 286 g/mol. The Morgan fingerprint density at radius 1 is 1.42 bits per heavy atom. The maximum absolute atomic E-state index is 4.44. The topological polar surface area (TPSA) is 33.1 Å². The first-order valence-corrected chi connectivity index (χ1v) is 7.03. The number of nitrogens with zero attached hydrogens (tertiary/aromatic N) is 3. The van der Waals surface area contributed by atoms with Gasteiger partial charge in [-0.25, -0.2) is 0 Å². The van der Waals surface area contributed by atoms with E-state index in [2.05, 4.69) is 53.9 Å². The first-order chi connectivity index (χ1) is 8.54. The van der Waals surface area contributed by atoms with Gasteiger partial charge in [-0.1, -0.05) is 13.8 Å². The number of halogens is 1. The van der Waals surface area contributed by atoms with Crippen molar-refractivity contribution in [3.05, 3.63) is 18.0 Å². The maximum Gasteiger partial charge on any atom is 0.0534 e. The fraction of sp³-hybridized carbons (Fsp3) is 0.786. The van der Waals surface area contributed by atoms with E-state index in [1.807, 2.05) is 6.20 Å². The van der Waals surface area contributed by atoms with Crippen molar-refractivity contribution in [3.8, 4) is 0 Å². The molecule has 19 heavy (non-hydrogen) atoms. The number of hydrogen-bond acceptors (Lipinski definition) is 3. The molecule has 2 rings (SSSR count). The fourth-order valence-electron chi connectivity index (χ4n) is 2.51. The van der Waals surface area contributed by atoms with Crippen LogP contribution in [0.1, 0.15) is 33.3 Å². The van der Waals surface area contributed by atoms with E-state index in [-0.39, 0.29) is 12.4 Å². The second-order valence-electron chi connectivity index (χ2n) is 6.05. The Labute approximate surface area is 123 Å². The zero-order valence-electron chi connectivity index (χ0n) is 12.5. The molecule has 1 N–H and O–H groups in total. The lowest BCUT2D eigenvalue weighted by molar-refractivity contribution is 0.139. The van der Waals surface area contributed by atoms with Gasteiger partial charge in [-0.15, -0.1) is 12.4 Å². The first kappa shape index (κ1) is 16.5. The molecule has 2 unspecified atom stereocenters. The Balaban J connectivity index is 0.00000180. The number of hydrogen-bond donors (Lipinski definition) is 1. The van der Waals surface area contributed by atoms with Crippen LogP contribution < -0.4 is 5.32 Å². The second kappa shape index (κ2) is 7.27. The van der Waals surface area contributed by atoms with E-state index in [1.54, 1.807) is 0 Å². The third kappa shape index (κ3) is 4.79. The third-order valence-corrected chi connectivity index (χ3v) is 3.52. The van der Waals surface area contributed by atoms with E-state index in [0.717, 1.165) is 26.2 Å². The molecule has 1 aliphatic rings. The summed E-state index contributed by atoms with van der Waals surface area (Å²) >= 11 is 0. The molecular formula is C14H27ClN4. The van der Waals surface area contributed by atoms with E-state index >= 15 is 0 Å². The maximum atomic E-state index is 4.44. The number of rotatable bonds is 4. The second-order valence-corrected chi connectivity index (χ2v) is 6.05. The molecule has 0 saturated carbocycles. The molecule has 110 valence electrons. The minimum absolute atomic E-state index is 0. The summed E-state index contributed by atoms with van der Waals surface area (Å²) in [5.41, 5.74) is 1.33. The molecule has 0 aliphatic carbocycles. The molecule has 0 spiro atoms. The van der Waals surface area contributed by atoms with E-state index in [9.17, 15) is 0 Å². The summed E-state index contributed by atoms with van der Waals surface area (Å²) in [6.07, 6.45) is 4.21. The molecular weight excluding hydrogens is 260 g/mol. The van der Waals surface area contributed by atoms with Crippen molar-refractivity contribution >= 4 is 12.4 Å². The van der Waals surface area contributed by atoms with Gasteiger partial charge in [-0.05, 0) is 19.8 Å². The summed E-state index contributed by atoms with van der Waals surface area (Å²) in [4.78, 5) is 2.54. The van der Waals surface area contributed by atoms with Gasteiger partial charge in [0.2, 0.25) is 0 Å². The summed E-state index contributed by atoms with van der Waals surface area (Å²) in [5, 5.41) is 7.96. The minimum atomic E-state index is 0. The molecule has 1 fully saturated rings. The lowest BCUT2D eigenvalue weighted by Crippen LogP contribution is -2.53. The third-order valence-electron chi connectivity index (χ3n) is 3.52. The van der Waals surface area contributed by atoms with Crippen LogP contribution in [0.15, 0.2) is 12.4 Å². The highest BCUT2D eigenvalue weighted by Crippen LogP contribution is 2.12. The Morgan fingerprint density at radius 3 is 2.84 bits per heavy atom. The van der Waals surface area contributed by atoms with Crippen LogP contribution in [0.4, 0.5) is 0 Å². The number of aromatic nitrogens is 2. The van der Waals surface area contributed by atoms with Crippen LogP contribution in [0.3, 0.4) is 0 Å². The zero-order chi connectivity index (χ0) is 13.1. The van der Waals surface area contributed by atoms with Gasteiger partial charge in [0.1, 0.15) is 0 Å². The predicted molar refractivity (Wildman–Crippen MR) is 81.6 cm³/mol. The van der Waals surface area contributed by atoms with E-state index in [4.69, 9.17) is 0 Å². The van der Waals surface area contributed by atoms with Crippen molar-refractivity contribution in [1.29, 1.82) is 0 Å². The van der Waals surface area contributed by atoms with Crippen LogP contribution in [0, 0.1) is 5.92 Å². The summed E-state index contributed by atoms with van der Waals surface area (Å²) in [6.45, 7) is 13.2. The molecule has 2 atom stereocenters. The van der Waals surface area contributed by atoms with Crippen molar-refractivity contribution < 1.29 is 0 Å². The largest absolute Gasteiger partial charge is 0.311 e. The van der Waals surface area contributed by atoms with Crippen molar-refractivity contribution in [2.45, 2.75) is 52.9 Å². The molecule has 2 heterocycles. The van der Waals surface area contributed by atoms with Gasteiger partial charge in [0.05, 0.1) is 6.20 Å². The van der Waals surface area contributed by atoms with Crippen molar-refractivity contribution in [1.82, 2.24) is 20.0 Å². The normalized spacial score (nSPS) is 24.5. The highest BCUT2D eigenvalue weighted by atomic mass is 35.5. The molecule has 0 bridgehead atoms. The zero-order valence-corrected chi connectivity index (χ0v) is 13.3. The molecule has 1 aromatic heterocycles. The van der Waals surface area contributed by atoms with Gasteiger partial charge in [0.25, 0.3) is 0 Å².